The molecule has 1 saturated heterocycles. The molecule has 0 bridgehead atoms. The molecule has 3 fully saturated rings. The average molecular weight is 188 g/mol. The Morgan fingerprint density at radius 2 is 1.91 bits per heavy atom. The second-order valence-corrected chi connectivity index (χ2v) is 6.78. The maximum atomic E-state index is 9.84. The van der Waals surface area contributed by atoms with Crippen molar-refractivity contribution in [2.24, 2.45) is 11.8 Å². The highest BCUT2D eigenvalue weighted by atomic mass is 32.2. The predicted octanol–water partition coefficient (Wildman–Crippen LogP) is 1.56. The largest absolute Gasteiger partial charge is 0.391 e. The molecule has 3 rings (SSSR count). The van der Waals surface area contributed by atoms with Crippen molar-refractivity contribution in [2.75, 3.05) is 11.5 Å². The summed E-state index contributed by atoms with van der Waals surface area (Å²) in [6.45, 7) is 0. The Bertz CT molecular complexity index is 185. The number of hydrogen-bond acceptors (Lipinski definition) is 3. The van der Waals surface area contributed by atoms with Crippen molar-refractivity contribution >= 4 is 23.5 Å². The maximum Gasteiger partial charge on any atom is 0.0899 e. The lowest BCUT2D eigenvalue weighted by molar-refractivity contribution is 0.164. The Morgan fingerprint density at radius 3 is 2.45 bits per heavy atom. The fourth-order valence-corrected chi connectivity index (χ4v) is 6.27. The molecule has 2 aliphatic carbocycles. The van der Waals surface area contributed by atoms with E-state index in [1.54, 1.807) is 0 Å². The van der Waals surface area contributed by atoms with Crippen molar-refractivity contribution in [1.82, 2.24) is 0 Å². The monoisotopic (exact) mass is 188 g/mol. The van der Waals surface area contributed by atoms with Gasteiger partial charge in [0.25, 0.3) is 0 Å². The quantitative estimate of drug-likeness (QED) is 0.623. The first-order valence-corrected chi connectivity index (χ1v) is 6.26. The summed E-state index contributed by atoms with van der Waals surface area (Å²) in [5, 5.41) is 9.84. The standard InChI is InChI=1S/C8H12OS2/c9-7-4-5-3-6(5)8(7)10-1-2-11-8/h5-7,9H,1-4H2/t5-,6?,7?/m1/s1. The summed E-state index contributed by atoms with van der Waals surface area (Å²) in [6.07, 6.45) is 2.49. The van der Waals surface area contributed by atoms with Gasteiger partial charge < -0.3 is 5.11 Å². The van der Waals surface area contributed by atoms with E-state index in [0.29, 0.717) is 0 Å². The molecular formula is C8H12OS2. The number of aliphatic hydroxyl groups excluding tert-OH is 1. The highest BCUT2D eigenvalue weighted by Crippen LogP contribution is 2.69. The SMILES string of the molecule is OC1C[C@H]2CC2C12SCCS2. The molecule has 3 atom stereocenters. The van der Waals surface area contributed by atoms with E-state index in [4.69, 9.17) is 0 Å². The van der Waals surface area contributed by atoms with Gasteiger partial charge in [0.1, 0.15) is 0 Å². The summed E-state index contributed by atoms with van der Waals surface area (Å²) in [5.74, 6) is 4.27. The van der Waals surface area contributed by atoms with E-state index in [-0.39, 0.29) is 10.2 Å². The summed E-state index contributed by atoms with van der Waals surface area (Å²) >= 11 is 4.05. The van der Waals surface area contributed by atoms with Gasteiger partial charge in [-0.05, 0) is 24.7 Å². The molecule has 1 spiro atoms. The van der Waals surface area contributed by atoms with Gasteiger partial charge in [-0.15, -0.1) is 23.5 Å². The first-order chi connectivity index (χ1) is 5.33. The molecule has 0 amide bonds. The van der Waals surface area contributed by atoms with Gasteiger partial charge in [-0.25, -0.2) is 0 Å². The Kier molecular flexibility index (Phi) is 1.37. The van der Waals surface area contributed by atoms with Crippen molar-refractivity contribution in [1.29, 1.82) is 0 Å². The Morgan fingerprint density at radius 1 is 1.18 bits per heavy atom. The molecule has 0 aromatic rings. The summed E-state index contributed by atoms with van der Waals surface area (Å²) in [6, 6.07) is 0. The summed E-state index contributed by atoms with van der Waals surface area (Å²) in [7, 11) is 0. The van der Waals surface area contributed by atoms with Crippen molar-refractivity contribution in [3.8, 4) is 0 Å². The fraction of sp³-hybridized carbons (Fsp3) is 1.00. The first kappa shape index (κ1) is 7.10. The molecule has 0 aromatic heterocycles. The zero-order chi connectivity index (χ0) is 7.47. The van der Waals surface area contributed by atoms with Crippen molar-refractivity contribution in [3.63, 3.8) is 0 Å². The molecule has 62 valence electrons. The minimum absolute atomic E-state index is 0.00347. The van der Waals surface area contributed by atoms with Gasteiger partial charge in [-0.1, -0.05) is 0 Å². The van der Waals surface area contributed by atoms with E-state index in [0.717, 1.165) is 18.3 Å². The van der Waals surface area contributed by atoms with Gasteiger partial charge in [-0.2, -0.15) is 0 Å². The normalized spacial score (nSPS) is 51.5. The van der Waals surface area contributed by atoms with Gasteiger partial charge >= 0.3 is 0 Å². The molecular weight excluding hydrogens is 176 g/mol. The zero-order valence-electron chi connectivity index (χ0n) is 6.32. The average Bonchev–Trinajstić information content (AvgIpc) is 2.55. The van der Waals surface area contributed by atoms with Crippen LogP contribution in [0.1, 0.15) is 12.8 Å². The maximum absolute atomic E-state index is 9.84. The van der Waals surface area contributed by atoms with E-state index in [9.17, 15) is 5.11 Å². The van der Waals surface area contributed by atoms with E-state index in [1.165, 1.54) is 17.9 Å². The molecule has 0 radical (unpaired) electrons. The van der Waals surface area contributed by atoms with Gasteiger partial charge in [0.2, 0.25) is 0 Å². The van der Waals surface area contributed by atoms with Crippen molar-refractivity contribution in [2.45, 2.75) is 23.0 Å². The third-order valence-electron chi connectivity index (χ3n) is 3.17. The second kappa shape index (κ2) is 2.12. The van der Waals surface area contributed by atoms with Crippen LogP contribution >= 0.6 is 23.5 Å². The van der Waals surface area contributed by atoms with Crippen LogP contribution in [0.15, 0.2) is 0 Å². The Balaban J connectivity index is 1.92. The van der Waals surface area contributed by atoms with Crippen LogP contribution in [-0.4, -0.2) is 26.8 Å². The lowest BCUT2D eigenvalue weighted by Crippen LogP contribution is -2.31. The number of thioether (sulfide) groups is 2. The lowest BCUT2D eigenvalue weighted by Gasteiger charge is -2.28. The van der Waals surface area contributed by atoms with E-state index >= 15 is 0 Å². The molecule has 0 aromatic carbocycles. The minimum Gasteiger partial charge on any atom is -0.391 e. The second-order valence-electron chi connectivity index (χ2n) is 3.77. The predicted molar refractivity (Wildman–Crippen MR) is 49.9 cm³/mol. The van der Waals surface area contributed by atoms with E-state index in [1.807, 2.05) is 23.5 Å². The summed E-state index contributed by atoms with van der Waals surface area (Å²) in [4.78, 5) is 0. The minimum atomic E-state index is 0.00347. The molecule has 1 heterocycles. The topological polar surface area (TPSA) is 20.2 Å². The number of rotatable bonds is 0. The van der Waals surface area contributed by atoms with E-state index < -0.39 is 0 Å². The molecule has 2 saturated carbocycles. The van der Waals surface area contributed by atoms with Crippen LogP contribution in [-0.2, 0) is 0 Å². The molecule has 2 unspecified atom stereocenters. The number of hydrogen-bond donors (Lipinski definition) is 1. The summed E-state index contributed by atoms with van der Waals surface area (Å²) in [5.41, 5.74) is 0. The Hall–Kier alpha value is 0.660. The highest BCUT2D eigenvalue weighted by molar-refractivity contribution is 8.21. The first-order valence-electron chi connectivity index (χ1n) is 4.29. The molecule has 11 heavy (non-hydrogen) atoms. The third kappa shape index (κ3) is 0.798. The fourth-order valence-electron chi connectivity index (χ4n) is 2.55. The van der Waals surface area contributed by atoms with Crippen LogP contribution in [0.3, 0.4) is 0 Å². The molecule has 3 heteroatoms. The van der Waals surface area contributed by atoms with Crippen LogP contribution in [0.25, 0.3) is 0 Å². The third-order valence-corrected chi connectivity index (χ3v) is 7.00. The van der Waals surface area contributed by atoms with E-state index in [2.05, 4.69) is 0 Å². The summed E-state index contributed by atoms with van der Waals surface area (Å²) < 4.78 is 0.269. The van der Waals surface area contributed by atoms with Gasteiger partial charge in [0.05, 0.1) is 10.2 Å². The highest BCUT2D eigenvalue weighted by Gasteiger charge is 2.64. The van der Waals surface area contributed by atoms with Crippen LogP contribution < -0.4 is 0 Å². The molecule has 1 aliphatic heterocycles. The van der Waals surface area contributed by atoms with Crippen molar-refractivity contribution < 1.29 is 5.11 Å². The van der Waals surface area contributed by atoms with Crippen molar-refractivity contribution in [3.05, 3.63) is 0 Å². The Labute approximate surface area is 75.3 Å². The molecule has 1 N–H and O–H groups in total. The molecule has 1 nitrogen and oxygen atoms in total. The van der Waals surface area contributed by atoms with Crippen LogP contribution in [0, 0.1) is 11.8 Å². The lowest BCUT2D eigenvalue weighted by atomic mass is 10.2. The smallest absolute Gasteiger partial charge is 0.0899 e. The zero-order valence-corrected chi connectivity index (χ0v) is 7.96. The van der Waals surface area contributed by atoms with Crippen LogP contribution in [0.4, 0.5) is 0 Å². The van der Waals surface area contributed by atoms with Gasteiger partial charge in [0, 0.05) is 11.5 Å². The van der Waals surface area contributed by atoms with Gasteiger partial charge in [0.15, 0.2) is 0 Å². The van der Waals surface area contributed by atoms with Gasteiger partial charge in [-0.3, -0.25) is 0 Å². The number of fused-ring (bicyclic) bond motifs is 2. The van der Waals surface area contributed by atoms with Crippen LogP contribution in [0.5, 0.6) is 0 Å². The molecule has 3 aliphatic rings. The van der Waals surface area contributed by atoms with Crippen LogP contribution in [0.2, 0.25) is 0 Å². The number of aliphatic hydroxyl groups is 1.